The summed E-state index contributed by atoms with van der Waals surface area (Å²) in [6, 6.07) is 0.0318. The zero-order valence-electron chi connectivity index (χ0n) is 12.8. The first-order valence-corrected chi connectivity index (χ1v) is 7.57. The molecule has 0 radical (unpaired) electrons. The molecule has 2 aliphatic rings. The van der Waals surface area contributed by atoms with Gasteiger partial charge in [-0.3, -0.25) is 9.69 Å². The van der Waals surface area contributed by atoms with E-state index in [4.69, 9.17) is 4.74 Å². The number of carbonyl (C=O) groups excluding carboxylic acids is 1. The van der Waals surface area contributed by atoms with E-state index in [1.54, 1.807) is 0 Å². The Labute approximate surface area is 140 Å². The first-order chi connectivity index (χ1) is 9.25. The molecule has 21 heavy (non-hydrogen) atoms. The van der Waals surface area contributed by atoms with Crippen molar-refractivity contribution in [2.45, 2.75) is 32.2 Å². The lowest BCUT2D eigenvalue weighted by Gasteiger charge is -2.29. The first kappa shape index (κ1) is 20.9. The smallest absolute Gasteiger partial charge is 0.237 e. The fourth-order valence-corrected chi connectivity index (χ4v) is 2.76. The number of carbonyl (C=O) groups is 1. The van der Waals surface area contributed by atoms with Crippen LogP contribution in [0.1, 0.15) is 26.2 Å². The predicted octanol–water partition coefficient (Wildman–Crippen LogP) is 1.06. The number of nitrogens with one attached hydrogen (secondary N) is 2. The van der Waals surface area contributed by atoms with Crippen LogP contribution in [-0.4, -0.2) is 62.8 Å². The van der Waals surface area contributed by atoms with Crippen molar-refractivity contribution in [1.29, 1.82) is 0 Å². The number of piperidine rings is 1. The average Bonchev–Trinajstić information content (AvgIpc) is 2.47. The molecule has 1 amide bonds. The van der Waals surface area contributed by atoms with Gasteiger partial charge in [0.1, 0.15) is 0 Å². The van der Waals surface area contributed by atoms with Crippen molar-refractivity contribution in [1.82, 2.24) is 15.5 Å². The molecule has 5 nitrogen and oxygen atoms in total. The highest BCUT2D eigenvalue weighted by Gasteiger charge is 2.21. The molecule has 2 fully saturated rings. The molecule has 7 heteroatoms. The molecule has 0 aromatic rings. The minimum Gasteiger partial charge on any atom is -0.379 e. The summed E-state index contributed by atoms with van der Waals surface area (Å²) in [7, 11) is 0. The van der Waals surface area contributed by atoms with Crippen LogP contribution >= 0.6 is 24.8 Å². The Balaban J connectivity index is 0.00000200. The van der Waals surface area contributed by atoms with Crippen LogP contribution in [-0.2, 0) is 9.53 Å². The van der Waals surface area contributed by atoms with Gasteiger partial charge in [0, 0.05) is 26.2 Å². The Morgan fingerprint density at radius 3 is 2.67 bits per heavy atom. The molecule has 2 atom stereocenters. The number of hydrogen-bond acceptors (Lipinski definition) is 4. The van der Waals surface area contributed by atoms with E-state index in [2.05, 4.69) is 22.5 Å². The summed E-state index contributed by atoms with van der Waals surface area (Å²) in [4.78, 5) is 14.4. The SMILES string of the molecule is CC(CNC(=O)[C@H]1CCCCN1)CN1CCOCC1.Cl.Cl. The predicted molar refractivity (Wildman–Crippen MR) is 89.6 cm³/mol. The van der Waals surface area contributed by atoms with Crippen molar-refractivity contribution < 1.29 is 9.53 Å². The minimum atomic E-state index is 0. The third-order valence-corrected chi connectivity index (χ3v) is 3.93. The highest BCUT2D eigenvalue weighted by atomic mass is 35.5. The van der Waals surface area contributed by atoms with Crippen LogP contribution in [0.4, 0.5) is 0 Å². The van der Waals surface area contributed by atoms with Crippen molar-refractivity contribution in [2.75, 3.05) is 45.9 Å². The molecule has 2 aliphatic heterocycles. The van der Waals surface area contributed by atoms with E-state index in [1.165, 1.54) is 6.42 Å². The highest BCUT2D eigenvalue weighted by molar-refractivity contribution is 5.85. The second-order valence-corrected chi connectivity index (χ2v) is 5.77. The summed E-state index contributed by atoms with van der Waals surface area (Å²) in [6.45, 7) is 8.70. The summed E-state index contributed by atoms with van der Waals surface area (Å²) < 4.78 is 5.34. The van der Waals surface area contributed by atoms with E-state index in [1.807, 2.05) is 0 Å². The molecule has 0 spiro atoms. The Hall–Kier alpha value is -0.0700. The number of morpholine rings is 1. The number of amides is 1. The van der Waals surface area contributed by atoms with Crippen LogP contribution in [0.3, 0.4) is 0 Å². The molecule has 2 heterocycles. The van der Waals surface area contributed by atoms with Gasteiger partial charge < -0.3 is 15.4 Å². The Morgan fingerprint density at radius 1 is 1.33 bits per heavy atom. The minimum absolute atomic E-state index is 0. The Kier molecular flexibility index (Phi) is 11.5. The van der Waals surface area contributed by atoms with Gasteiger partial charge in [0.15, 0.2) is 0 Å². The summed E-state index contributed by atoms with van der Waals surface area (Å²) >= 11 is 0. The fraction of sp³-hybridized carbons (Fsp3) is 0.929. The summed E-state index contributed by atoms with van der Waals surface area (Å²) in [5.41, 5.74) is 0. The van der Waals surface area contributed by atoms with Crippen LogP contribution < -0.4 is 10.6 Å². The second-order valence-electron chi connectivity index (χ2n) is 5.77. The molecule has 2 saturated heterocycles. The van der Waals surface area contributed by atoms with Crippen molar-refractivity contribution in [3.05, 3.63) is 0 Å². The van der Waals surface area contributed by atoms with Gasteiger partial charge in [-0.15, -0.1) is 24.8 Å². The van der Waals surface area contributed by atoms with Gasteiger partial charge >= 0.3 is 0 Å². The Morgan fingerprint density at radius 2 is 2.05 bits per heavy atom. The standard InChI is InChI=1S/C14H27N3O2.2ClH/c1-12(11-17-6-8-19-9-7-17)10-16-14(18)13-4-2-3-5-15-13;;/h12-13,15H,2-11H2,1H3,(H,16,18);2*1H/t12?,13-;;/m1../s1. The van der Waals surface area contributed by atoms with Crippen molar-refractivity contribution in [3.63, 3.8) is 0 Å². The van der Waals surface area contributed by atoms with Gasteiger partial charge in [-0.25, -0.2) is 0 Å². The van der Waals surface area contributed by atoms with Gasteiger partial charge in [-0.1, -0.05) is 13.3 Å². The van der Waals surface area contributed by atoms with E-state index < -0.39 is 0 Å². The molecular weight excluding hydrogens is 313 g/mol. The normalized spacial score (nSPS) is 24.3. The van der Waals surface area contributed by atoms with Gasteiger partial charge in [0.2, 0.25) is 5.91 Å². The van der Waals surface area contributed by atoms with Crippen LogP contribution in [0.5, 0.6) is 0 Å². The number of halogens is 2. The second kappa shape index (κ2) is 11.5. The summed E-state index contributed by atoms with van der Waals surface area (Å²) in [5.74, 6) is 0.666. The quantitative estimate of drug-likeness (QED) is 0.784. The van der Waals surface area contributed by atoms with Crippen LogP contribution in [0.25, 0.3) is 0 Å². The van der Waals surface area contributed by atoms with Crippen LogP contribution in [0.15, 0.2) is 0 Å². The van der Waals surface area contributed by atoms with E-state index in [0.717, 1.165) is 58.8 Å². The highest BCUT2D eigenvalue weighted by Crippen LogP contribution is 2.07. The van der Waals surface area contributed by atoms with E-state index in [-0.39, 0.29) is 36.8 Å². The van der Waals surface area contributed by atoms with Gasteiger partial charge in [-0.05, 0) is 25.3 Å². The molecule has 0 saturated carbocycles. The molecule has 2 rings (SSSR count). The van der Waals surface area contributed by atoms with E-state index in [9.17, 15) is 4.79 Å². The monoisotopic (exact) mass is 341 g/mol. The number of nitrogens with zero attached hydrogens (tertiary/aromatic N) is 1. The molecule has 0 aromatic heterocycles. The zero-order valence-corrected chi connectivity index (χ0v) is 14.4. The van der Waals surface area contributed by atoms with Gasteiger partial charge in [0.05, 0.1) is 19.3 Å². The van der Waals surface area contributed by atoms with Crippen LogP contribution in [0, 0.1) is 5.92 Å². The lowest BCUT2D eigenvalue weighted by molar-refractivity contribution is -0.123. The van der Waals surface area contributed by atoms with Gasteiger partial charge in [-0.2, -0.15) is 0 Å². The topological polar surface area (TPSA) is 53.6 Å². The van der Waals surface area contributed by atoms with Crippen molar-refractivity contribution in [2.24, 2.45) is 5.92 Å². The maximum absolute atomic E-state index is 12.0. The molecule has 0 aliphatic carbocycles. The van der Waals surface area contributed by atoms with Gasteiger partial charge in [0.25, 0.3) is 0 Å². The third kappa shape index (κ3) is 7.66. The Bertz CT molecular complexity index is 283. The largest absolute Gasteiger partial charge is 0.379 e. The maximum Gasteiger partial charge on any atom is 0.237 e. The lowest BCUT2D eigenvalue weighted by atomic mass is 10.0. The van der Waals surface area contributed by atoms with E-state index in [0.29, 0.717) is 5.92 Å². The molecule has 2 N–H and O–H groups in total. The molecule has 0 bridgehead atoms. The third-order valence-electron chi connectivity index (χ3n) is 3.93. The zero-order chi connectivity index (χ0) is 13.5. The van der Waals surface area contributed by atoms with Crippen molar-refractivity contribution in [3.8, 4) is 0 Å². The summed E-state index contributed by atoms with van der Waals surface area (Å²) in [5, 5.41) is 6.37. The van der Waals surface area contributed by atoms with Crippen LogP contribution in [0.2, 0.25) is 0 Å². The number of hydrogen-bond donors (Lipinski definition) is 2. The summed E-state index contributed by atoms with van der Waals surface area (Å²) in [6.07, 6.45) is 3.33. The first-order valence-electron chi connectivity index (χ1n) is 7.57. The lowest BCUT2D eigenvalue weighted by Crippen LogP contribution is -2.48. The number of rotatable bonds is 5. The molecule has 126 valence electrons. The molecule has 1 unspecified atom stereocenters. The number of ether oxygens (including phenoxy) is 1. The molecule has 0 aromatic carbocycles. The maximum atomic E-state index is 12.0. The fourth-order valence-electron chi connectivity index (χ4n) is 2.76. The van der Waals surface area contributed by atoms with E-state index >= 15 is 0 Å². The van der Waals surface area contributed by atoms with Crippen molar-refractivity contribution >= 4 is 30.7 Å². The average molecular weight is 342 g/mol. The molecular formula is C14H29Cl2N3O2.